The van der Waals surface area contributed by atoms with Gasteiger partial charge in [0.05, 0.1) is 5.52 Å². The maximum Gasteiger partial charge on any atom is 0.258 e. The lowest BCUT2D eigenvalue weighted by Crippen LogP contribution is -2.22. The summed E-state index contributed by atoms with van der Waals surface area (Å²) in [5.41, 5.74) is 4.16. The molecule has 0 amide bonds. The molecular formula is C23H25NO. The van der Waals surface area contributed by atoms with E-state index in [0.717, 1.165) is 47.7 Å². The van der Waals surface area contributed by atoms with E-state index in [-0.39, 0.29) is 5.56 Å². The van der Waals surface area contributed by atoms with E-state index in [0.29, 0.717) is 6.54 Å². The number of fused-ring (bicyclic) bond motifs is 1. The van der Waals surface area contributed by atoms with Gasteiger partial charge in [-0.25, -0.2) is 0 Å². The summed E-state index contributed by atoms with van der Waals surface area (Å²) < 4.78 is 1.85. The van der Waals surface area contributed by atoms with Crippen molar-refractivity contribution in [2.75, 3.05) is 0 Å². The fourth-order valence-corrected chi connectivity index (χ4v) is 3.34. The van der Waals surface area contributed by atoms with E-state index in [2.05, 4.69) is 36.9 Å². The normalized spacial score (nSPS) is 10.9. The predicted molar refractivity (Wildman–Crippen MR) is 107 cm³/mol. The molecule has 1 aromatic heterocycles. The summed E-state index contributed by atoms with van der Waals surface area (Å²) in [5, 5.41) is 1.10. The minimum absolute atomic E-state index is 0.0780. The van der Waals surface area contributed by atoms with Crippen molar-refractivity contribution < 1.29 is 0 Å². The van der Waals surface area contributed by atoms with Crippen LogP contribution in [0, 0.1) is 0 Å². The molecule has 3 aromatic rings. The third-order valence-electron chi connectivity index (χ3n) is 4.74. The van der Waals surface area contributed by atoms with Crippen LogP contribution in [-0.4, -0.2) is 4.57 Å². The van der Waals surface area contributed by atoms with Crippen molar-refractivity contribution in [1.29, 1.82) is 0 Å². The molecule has 2 nitrogen and oxygen atoms in total. The molecule has 0 spiro atoms. The van der Waals surface area contributed by atoms with Gasteiger partial charge in [-0.15, -0.1) is 0 Å². The Morgan fingerprint density at radius 3 is 2.48 bits per heavy atom. The van der Waals surface area contributed by atoms with Crippen LogP contribution in [-0.2, 0) is 13.0 Å². The number of aryl methyl sites for hydroxylation is 2. The zero-order valence-corrected chi connectivity index (χ0v) is 14.9. The van der Waals surface area contributed by atoms with Crippen LogP contribution in [0.4, 0.5) is 0 Å². The SMILES string of the molecule is C=C(CCCCc1ccccc1)c1cc2ccccc2n(CC)c1=O. The molecule has 0 unspecified atom stereocenters. The van der Waals surface area contributed by atoms with Crippen LogP contribution in [0.25, 0.3) is 16.5 Å². The predicted octanol–water partition coefficient (Wildman–Crippen LogP) is 5.45. The molecule has 25 heavy (non-hydrogen) atoms. The van der Waals surface area contributed by atoms with Gasteiger partial charge in [0.2, 0.25) is 0 Å². The molecule has 0 atom stereocenters. The highest BCUT2D eigenvalue weighted by Gasteiger charge is 2.10. The minimum Gasteiger partial charge on any atom is -0.308 e. The molecule has 2 aromatic carbocycles. The van der Waals surface area contributed by atoms with Gasteiger partial charge in [0, 0.05) is 12.1 Å². The smallest absolute Gasteiger partial charge is 0.258 e. The van der Waals surface area contributed by atoms with Gasteiger partial charge in [0.1, 0.15) is 0 Å². The number of para-hydroxylation sites is 1. The van der Waals surface area contributed by atoms with Gasteiger partial charge in [-0.05, 0) is 61.3 Å². The summed E-state index contributed by atoms with van der Waals surface area (Å²) >= 11 is 0. The lowest BCUT2D eigenvalue weighted by Gasteiger charge is -2.12. The Kier molecular flexibility index (Phi) is 5.49. The monoisotopic (exact) mass is 331 g/mol. The Morgan fingerprint density at radius 1 is 1.00 bits per heavy atom. The molecule has 0 aliphatic rings. The highest BCUT2D eigenvalue weighted by atomic mass is 16.1. The Bertz CT molecular complexity index is 922. The fourth-order valence-electron chi connectivity index (χ4n) is 3.34. The molecule has 0 fully saturated rings. The van der Waals surface area contributed by atoms with Gasteiger partial charge < -0.3 is 4.57 Å². The second kappa shape index (κ2) is 7.98. The van der Waals surface area contributed by atoms with Crippen molar-refractivity contribution in [2.24, 2.45) is 0 Å². The van der Waals surface area contributed by atoms with Gasteiger partial charge in [-0.1, -0.05) is 55.1 Å². The molecular weight excluding hydrogens is 306 g/mol. The van der Waals surface area contributed by atoms with Crippen LogP contribution in [0.5, 0.6) is 0 Å². The number of allylic oxidation sites excluding steroid dienone is 1. The zero-order valence-electron chi connectivity index (χ0n) is 14.9. The lowest BCUT2D eigenvalue weighted by atomic mass is 9.99. The standard InChI is InChI=1S/C23H25NO/c1-3-24-22-16-10-9-15-20(22)17-21(23(24)25)18(2)11-7-8-14-19-12-5-4-6-13-19/h4-6,9-10,12-13,15-17H,2-3,7-8,11,14H2,1H3. The van der Waals surface area contributed by atoms with Gasteiger partial charge >= 0.3 is 0 Å². The van der Waals surface area contributed by atoms with E-state index in [1.807, 2.05) is 41.8 Å². The highest BCUT2D eigenvalue weighted by Crippen LogP contribution is 2.21. The first kappa shape index (κ1) is 17.2. The lowest BCUT2D eigenvalue weighted by molar-refractivity contribution is 0.743. The minimum atomic E-state index is 0.0780. The molecule has 128 valence electrons. The van der Waals surface area contributed by atoms with Crippen molar-refractivity contribution in [3.05, 3.63) is 88.7 Å². The molecule has 0 aliphatic heterocycles. The van der Waals surface area contributed by atoms with E-state index < -0.39 is 0 Å². The Balaban J connectivity index is 1.71. The summed E-state index contributed by atoms with van der Waals surface area (Å²) in [4.78, 5) is 12.8. The number of nitrogens with zero attached hydrogens (tertiary/aromatic N) is 1. The van der Waals surface area contributed by atoms with Gasteiger partial charge in [-0.2, -0.15) is 0 Å². The van der Waals surface area contributed by atoms with Crippen LogP contribution in [0.15, 0.2) is 72.0 Å². The third-order valence-corrected chi connectivity index (χ3v) is 4.74. The van der Waals surface area contributed by atoms with Gasteiger partial charge in [0.25, 0.3) is 5.56 Å². The summed E-state index contributed by atoms with van der Waals surface area (Å²) in [6.45, 7) is 6.89. The van der Waals surface area contributed by atoms with Gasteiger partial charge in [-0.3, -0.25) is 4.79 Å². The molecule has 0 saturated heterocycles. The summed E-state index contributed by atoms with van der Waals surface area (Å²) in [5.74, 6) is 0. The molecule has 2 heteroatoms. The molecule has 0 radical (unpaired) electrons. The molecule has 0 N–H and O–H groups in total. The van der Waals surface area contributed by atoms with Crippen molar-refractivity contribution >= 4 is 16.5 Å². The van der Waals surface area contributed by atoms with Crippen molar-refractivity contribution in [3.8, 4) is 0 Å². The second-order valence-corrected chi connectivity index (χ2v) is 6.46. The number of aromatic nitrogens is 1. The molecule has 0 bridgehead atoms. The quantitative estimate of drug-likeness (QED) is 0.528. The summed E-state index contributed by atoms with van der Waals surface area (Å²) in [6.07, 6.45) is 4.10. The number of hydrogen-bond acceptors (Lipinski definition) is 1. The second-order valence-electron chi connectivity index (χ2n) is 6.46. The largest absolute Gasteiger partial charge is 0.308 e. The molecule has 0 aliphatic carbocycles. The van der Waals surface area contributed by atoms with E-state index in [9.17, 15) is 4.79 Å². The fraction of sp³-hybridized carbons (Fsp3) is 0.261. The highest BCUT2D eigenvalue weighted by molar-refractivity contribution is 5.82. The Hall–Kier alpha value is -2.61. The van der Waals surface area contributed by atoms with Crippen LogP contribution in [0.3, 0.4) is 0 Å². The average Bonchev–Trinajstić information content (AvgIpc) is 2.65. The van der Waals surface area contributed by atoms with Crippen LogP contribution in [0.2, 0.25) is 0 Å². The summed E-state index contributed by atoms with van der Waals surface area (Å²) in [6, 6.07) is 20.6. The molecule has 1 heterocycles. The first-order valence-corrected chi connectivity index (χ1v) is 9.05. The van der Waals surface area contributed by atoms with E-state index in [1.54, 1.807) is 0 Å². The van der Waals surface area contributed by atoms with E-state index in [1.165, 1.54) is 5.56 Å². The topological polar surface area (TPSA) is 22.0 Å². The number of pyridine rings is 1. The van der Waals surface area contributed by atoms with E-state index in [4.69, 9.17) is 0 Å². The Labute approximate surface area is 149 Å². The van der Waals surface area contributed by atoms with Crippen LogP contribution < -0.4 is 5.56 Å². The number of hydrogen-bond donors (Lipinski definition) is 0. The average molecular weight is 331 g/mol. The maximum absolute atomic E-state index is 12.8. The van der Waals surface area contributed by atoms with Crippen molar-refractivity contribution in [2.45, 2.75) is 39.2 Å². The van der Waals surface area contributed by atoms with Crippen molar-refractivity contribution in [1.82, 2.24) is 4.57 Å². The van der Waals surface area contributed by atoms with Gasteiger partial charge in [0.15, 0.2) is 0 Å². The first-order chi connectivity index (χ1) is 12.2. The number of benzene rings is 2. The number of unbranched alkanes of at least 4 members (excludes halogenated alkanes) is 1. The van der Waals surface area contributed by atoms with Crippen molar-refractivity contribution in [3.63, 3.8) is 0 Å². The first-order valence-electron chi connectivity index (χ1n) is 9.05. The van der Waals surface area contributed by atoms with E-state index >= 15 is 0 Å². The molecule has 3 rings (SSSR count). The van der Waals surface area contributed by atoms with Crippen LogP contribution in [0.1, 0.15) is 37.3 Å². The maximum atomic E-state index is 12.8. The zero-order chi connectivity index (χ0) is 17.6. The third kappa shape index (κ3) is 3.90. The molecule has 0 saturated carbocycles. The summed E-state index contributed by atoms with van der Waals surface area (Å²) in [7, 11) is 0. The van der Waals surface area contributed by atoms with Crippen LogP contribution >= 0.6 is 0 Å². The Morgan fingerprint density at radius 2 is 1.72 bits per heavy atom. The number of rotatable bonds is 7.